The summed E-state index contributed by atoms with van der Waals surface area (Å²) in [4.78, 5) is 37.1. The molecule has 0 aromatic rings. The molecule has 1 saturated heterocycles. The van der Waals surface area contributed by atoms with Gasteiger partial charge in [0.1, 0.15) is 5.60 Å². The van der Waals surface area contributed by atoms with E-state index < -0.39 is 5.60 Å². The second-order valence-corrected chi connectivity index (χ2v) is 8.47. The van der Waals surface area contributed by atoms with Gasteiger partial charge in [0.15, 0.2) is 0 Å². The van der Waals surface area contributed by atoms with Crippen molar-refractivity contribution in [1.82, 2.24) is 10.6 Å². The molecule has 0 radical (unpaired) electrons. The van der Waals surface area contributed by atoms with Gasteiger partial charge in [-0.2, -0.15) is 0 Å². The number of esters is 1. The summed E-state index contributed by atoms with van der Waals surface area (Å²) >= 11 is 0. The van der Waals surface area contributed by atoms with Crippen molar-refractivity contribution in [3.05, 3.63) is 22.9 Å². The van der Waals surface area contributed by atoms with Gasteiger partial charge in [0, 0.05) is 29.7 Å². The minimum atomic E-state index is -0.729. The summed E-state index contributed by atoms with van der Waals surface area (Å²) < 4.78 is 5.70. The smallest absolute Gasteiger partial charge is 0.335 e. The molecule has 4 aliphatic rings. The first-order valence-electron chi connectivity index (χ1n) is 10.2. The third kappa shape index (κ3) is 3.09. The third-order valence-corrected chi connectivity index (χ3v) is 6.78. The zero-order chi connectivity index (χ0) is 19.1. The van der Waals surface area contributed by atoms with E-state index in [2.05, 4.69) is 16.7 Å². The summed E-state index contributed by atoms with van der Waals surface area (Å²) in [5.74, 6) is -0.487. The molecule has 146 valence electrons. The molecule has 2 fully saturated rings. The average molecular weight is 372 g/mol. The van der Waals surface area contributed by atoms with Crippen molar-refractivity contribution in [2.24, 2.45) is 5.41 Å². The highest BCUT2D eigenvalue weighted by Gasteiger charge is 2.50. The molecule has 0 aromatic heterocycles. The highest BCUT2D eigenvalue weighted by atomic mass is 16.6. The van der Waals surface area contributed by atoms with Crippen LogP contribution >= 0.6 is 0 Å². The van der Waals surface area contributed by atoms with Crippen molar-refractivity contribution in [3.63, 3.8) is 0 Å². The number of fused-ring (bicyclic) bond motifs is 1. The van der Waals surface area contributed by atoms with Gasteiger partial charge in [0.2, 0.25) is 5.91 Å². The molecule has 6 heteroatoms. The lowest BCUT2D eigenvalue weighted by molar-refractivity contribution is -0.149. The van der Waals surface area contributed by atoms with Crippen LogP contribution in [-0.2, 0) is 19.1 Å². The summed E-state index contributed by atoms with van der Waals surface area (Å²) in [6, 6.07) is 0. The minimum Gasteiger partial charge on any atom is -0.451 e. The first-order chi connectivity index (χ1) is 13.0. The summed E-state index contributed by atoms with van der Waals surface area (Å²) in [5.41, 5.74) is 1.02. The minimum absolute atomic E-state index is 0.0552. The van der Waals surface area contributed by atoms with Gasteiger partial charge in [-0.3, -0.25) is 9.59 Å². The number of amides is 2. The van der Waals surface area contributed by atoms with Crippen LogP contribution in [0.3, 0.4) is 0 Å². The Bertz CT molecular complexity index is 745. The second kappa shape index (κ2) is 6.80. The van der Waals surface area contributed by atoms with Crippen molar-refractivity contribution >= 4 is 17.8 Å². The molecule has 2 aliphatic carbocycles. The molecule has 6 nitrogen and oxygen atoms in total. The molecule has 1 atom stereocenters. The van der Waals surface area contributed by atoms with Crippen LogP contribution in [0.5, 0.6) is 0 Å². The molecule has 0 aromatic carbocycles. The maximum absolute atomic E-state index is 13.1. The van der Waals surface area contributed by atoms with Crippen LogP contribution in [0.4, 0.5) is 0 Å². The fourth-order valence-corrected chi connectivity index (χ4v) is 5.26. The Morgan fingerprint density at radius 3 is 2.70 bits per heavy atom. The quantitative estimate of drug-likeness (QED) is 0.746. The lowest BCUT2D eigenvalue weighted by Gasteiger charge is -2.42. The number of rotatable bonds is 3. The second-order valence-electron chi connectivity index (χ2n) is 8.47. The molecular weight excluding hydrogens is 344 g/mol. The van der Waals surface area contributed by atoms with E-state index in [-0.39, 0.29) is 23.2 Å². The van der Waals surface area contributed by atoms with Gasteiger partial charge in [-0.05, 0) is 58.3 Å². The van der Waals surface area contributed by atoms with Crippen LogP contribution in [0.25, 0.3) is 0 Å². The lowest BCUT2D eigenvalue weighted by Crippen LogP contribution is -2.50. The van der Waals surface area contributed by atoms with E-state index in [0.29, 0.717) is 24.1 Å². The Morgan fingerprint density at radius 2 is 1.93 bits per heavy atom. The number of hydrogen-bond acceptors (Lipinski definition) is 4. The normalized spacial score (nSPS) is 29.7. The highest BCUT2D eigenvalue weighted by molar-refractivity contribution is 6.07. The maximum atomic E-state index is 13.1. The standard InChI is InChI=1S/C21H28N2O4/c1-14-17(21(27-19(14)26)10-4-2-5-11-21)18(25)22-13-20-9-6-3-7-15(20)23-16(24)8-12-20/h7H,2-6,8-13H2,1H3,(H,22,25)(H,23,24). The van der Waals surface area contributed by atoms with Gasteiger partial charge in [-0.15, -0.1) is 0 Å². The highest BCUT2D eigenvalue weighted by Crippen LogP contribution is 2.45. The molecule has 2 aliphatic heterocycles. The van der Waals surface area contributed by atoms with Crippen LogP contribution in [0.15, 0.2) is 22.9 Å². The molecule has 1 saturated carbocycles. The molecule has 0 bridgehead atoms. The number of nitrogens with one attached hydrogen (secondary N) is 2. The van der Waals surface area contributed by atoms with Crippen molar-refractivity contribution in [2.45, 2.75) is 76.7 Å². The van der Waals surface area contributed by atoms with Crippen LogP contribution in [-0.4, -0.2) is 29.9 Å². The van der Waals surface area contributed by atoms with E-state index in [1.807, 2.05) is 0 Å². The van der Waals surface area contributed by atoms with Gasteiger partial charge in [0.05, 0.1) is 5.57 Å². The molecule has 2 amide bonds. The monoisotopic (exact) mass is 372 g/mol. The van der Waals surface area contributed by atoms with Crippen LogP contribution < -0.4 is 10.6 Å². The first kappa shape index (κ1) is 18.3. The number of carbonyl (C=O) groups is 3. The number of ether oxygens (including phenoxy) is 1. The van der Waals surface area contributed by atoms with Crippen LogP contribution in [0.2, 0.25) is 0 Å². The molecule has 1 spiro atoms. The number of hydrogen-bond donors (Lipinski definition) is 2. The van der Waals surface area contributed by atoms with E-state index in [1.165, 1.54) is 0 Å². The summed E-state index contributed by atoms with van der Waals surface area (Å²) in [6.45, 7) is 2.19. The first-order valence-corrected chi connectivity index (χ1v) is 10.2. The molecule has 27 heavy (non-hydrogen) atoms. The largest absolute Gasteiger partial charge is 0.451 e. The number of carbonyl (C=O) groups excluding carboxylic acids is 3. The van der Waals surface area contributed by atoms with Gasteiger partial charge in [-0.1, -0.05) is 12.5 Å². The average Bonchev–Trinajstić information content (AvgIpc) is 2.90. The Balaban J connectivity index is 1.53. The fourth-order valence-electron chi connectivity index (χ4n) is 5.26. The maximum Gasteiger partial charge on any atom is 0.335 e. The third-order valence-electron chi connectivity index (χ3n) is 6.78. The summed E-state index contributed by atoms with van der Waals surface area (Å²) in [6.07, 6.45) is 10.8. The van der Waals surface area contributed by atoms with E-state index in [9.17, 15) is 14.4 Å². The fraction of sp³-hybridized carbons (Fsp3) is 0.667. The lowest BCUT2D eigenvalue weighted by atomic mass is 9.70. The van der Waals surface area contributed by atoms with E-state index in [0.717, 1.165) is 63.5 Å². The Hall–Kier alpha value is -2.11. The molecular formula is C21H28N2O4. The zero-order valence-electron chi connectivity index (χ0n) is 16.0. The SMILES string of the molecule is CC1=C(C(=O)NCC23CCCC=C2NC(=O)CC3)C2(CCCCC2)OC1=O. The van der Waals surface area contributed by atoms with Gasteiger partial charge < -0.3 is 15.4 Å². The van der Waals surface area contributed by atoms with Crippen LogP contribution in [0.1, 0.15) is 71.1 Å². The van der Waals surface area contributed by atoms with E-state index >= 15 is 0 Å². The Labute approximate surface area is 159 Å². The molecule has 2 heterocycles. The number of piperidine rings is 1. The number of allylic oxidation sites excluding steroid dienone is 1. The Morgan fingerprint density at radius 1 is 1.15 bits per heavy atom. The predicted octanol–water partition coefficient (Wildman–Crippen LogP) is 2.64. The topological polar surface area (TPSA) is 84.5 Å². The van der Waals surface area contributed by atoms with Crippen molar-refractivity contribution in [2.75, 3.05) is 6.54 Å². The molecule has 4 rings (SSSR count). The zero-order valence-corrected chi connectivity index (χ0v) is 16.0. The van der Waals surface area contributed by atoms with Gasteiger partial charge >= 0.3 is 5.97 Å². The molecule has 2 N–H and O–H groups in total. The predicted molar refractivity (Wildman–Crippen MR) is 99.4 cm³/mol. The van der Waals surface area contributed by atoms with E-state index in [4.69, 9.17) is 4.74 Å². The Kier molecular flexibility index (Phi) is 4.60. The molecule has 1 unspecified atom stereocenters. The summed E-state index contributed by atoms with van der Waals surface area (Å²) in [7, 11) is 0. The van der Waals surface area contributed by atoms with Crippen molar-refractivity contribution in [1.29, 1.82) is 0 Å². The summed E-state index contributed by atoms with van der Waals surface area (Å²) in [5, 5.41) is 6.11. The van der Waals surface area contributed by atoms with Gasteiger partial charge in [0.25, 0.3) is 5.91 Å². The van der Waals surface area contributed by atoms with Gasteiger partial charge in [-0.25, -0.2) is 4.79 Å². The van der Waals surface area contributed by atoms with Crippen LogP contribution in [0, 0.1) is 5.41 Å². The van der Waals surface area contributed by atoms with E-state index in [1.54, 1.807) is 6.92 Å². The van der Waals surface area contributed by atoms with Crippen molar-refractivity contribution in [3.8, 4) is 0 Å². The van der Waals surface area contributed by atoms with Crippen molar-refractivity contribution < 1.29 is 19.1 Å².